The van der Waals surface area contributed by atoms with E-state index in [1.165, 1.54) is 109 Å². The predicted octanol–water partition coefficient (Wildman–Crippen LogP) is 24.4. The second kappa shape index (κ2) is 74.2. The van der Waals surface area contributed by atoms with Crippen LogP contribution in [0.5, 0.6) is 0 Å². The molecule has 0 fully saturated rings. The molecule has 0 aromatic carbocycles. The first-order valence-electron chi connectivity index (χ1n) is 37.9. The fourth-order valence-corrected chi connectivity index (χ4v) is 9.95. The van der Waals surface area contributed by atoms with Crippen molar-refractivity contribution in [1.82, 2.24) is 0 Å². The first kappa shape index (κ1) is 89.4. The zero-order valence-electron chi connectivity index (χ0n) is 61.3. The van der Waals surface area contributed by atoms with Crippen molar-refractivity contribution in [2.75, 3.05) is 47.5 Å². The van der Waals surface area contributed by atoms with Gasteiger partial charge in [-0.05, 0) is 135 Å². The zero-order valence-corrected chi connectivity index (χ0v) is 61.3. The van der Waals surface area contributed by atoms with Crippen LogP contribution in [0.4, 0.5) is 0 Å². The monoisotopic (exact) mass is 1320 g/mol. The number of carboxylic acids is 1. The number of quaternary nitrogens is 1. The van der Waals surface area contributed by atoms with Gasteiger partial charge in [0.05, 0.1) is 34.4 Å². The van der Waals surface area contributed by atoms with Gasteiger partial charge in [0.25, 0.3) is 6.29 Å². The molecule has 2 atom stereocenters. The average molecular weight is 1320 g/mol. The summed E-state index contributed by atoms with van der Waals surface area (Å²) in [6.07, 6.45) is 110. The largest absolute Gasteiger partial charge is 0.477 e. The quantitative estimate of drug-likeness (QED) is 0.0211. The van der Waals surface area contributed by atoms with E-state index in [2.05, 4.69) is 196 Å². The molecule has 0 aliphatic carbocycles. The second-order valence-corrected chi connectivity index (χ2v) is 25.8. The van der Waals surface area contributed by atoms with Gasteiger partial charge in [-0.1, -0.05) is 318 Å². The Bertz CT molecular complexity index is 2220. The molecule has 0 spiro atoms. The molecule has 0 heterocycles. The normalized spacial score (nSPS) is 13.7. The number of carboxylic acid groups (broad SMARTS) is 1. The minimum atomic E-state index is -1.52. The standard InChI is InChI=1S/C86H139NO8/c1-6-8-10-12-14-16-18-20-22-24-26-28-30-32-34-36-38-40-41-42-43-45-46-48-50-52-54-56-58-60-62-64-66-68-70-72-74-76-83(88)93-80-82(81-94-86(85(90)91)92-79-78-87(3,4)5)95-84(89)77-75-73-71-69-67-65-63-61-59-57-55-53-51-49-47-44-39-37-35-33-31-29-27-25-23-21-19-17-15-13-11-9-7-2/h8-11,14-17,20-23,26-29,32-35,38-40,42-44,49,51,55,57,82,86H,6-7,12-13,18-19,24-25,30-31,36-37,41,45-48,50,52-54,56,58-81H2,1-5H3/p+1/b10-8-,11-9-,16-14-,17-15-,22-20-,23-21-,28-26-,29-27-,34-32-,35-33-,40-38-,43-42-,44-39-,51-49-,57-55-. The van der Waals surface area contributed by atoms with Gasteiger partial charge in [0, 0.05) is 12.8 Å². The van der Waals surface area contributed by atoms with E-state index >= 15 is 0 Å². The van der Waals surface area contributed by atoms with Crippen molar-refractivity contribution in [2.24, 2.45) is 0 Å². The van der Waals surface area contributed by atoms with E-state index in [1.807, 2.05) is 21.1 Å². The van der Waals surface area contributed by atoms with E-state index in [0.29, 0.717) is 23.9 Å². The van der Waals surface area contributed by atoms with E-state index in [9.17, 15) is 19.5 Å². The maximum Gasteiger partial charge on any atom is 0.361 e. The van der Waals surface area contributed by atoms with Gasteiger partial charge in [-0.3, -0.25) is 9.59 Å². The van der Waals surface area contributed by atoms with Crippen LogP contribution in [0.1, 0.15) is 284 Å². The molecule has 1 N–H and O–H groups in total. The molecule has 536 valence electrons. The molecule has 0 saturated heterocycles. The van der Waals surface area contributed by atoms with Crippen molar-refractivity contribution in [3.05, 3.63) is 182 Å². The lowest BCUT2D eigenvalue weighted by atomic mass is 10.0. The number of nitrogens with zero attached hydrogens (tertiary/aromatic N) is 1. The molecule has 0 radical (unpaired) electrons. The minimum Gasteiger partial charge on any atom is -0.477 e. The highest BCUT2D eigenvalue weighted by Gasteiger charge is 2.25. The Hall–Kier alpha value is -5.61. The summed E-state index contributed by atoms with van der Waals surface area (Å²) < 4.78 is 23.0. The fourth-order valence-electron chi connectivity index (χ4n) is 9.95. The summed E-state index contributed by atoms with van der Waals surface area (Å²) in [6, 6.07) is 0. The number of rotatable bonds is 68. The summed E-state index contributed by atoms with van der Waals surface area (Å²) in [5.74, 6) is -2.03. The lowest BCUT2D eigenvalue weighted by Crippen LogP contribution is -2.40. The van der Waals surface area contributed by atoms with Crippen LogP contribution < -0.4 is 0 Å². The number of unbranched alkanes of at least 4 members (excludes halogenated alkanes) is 23. The Morgan fingerprint density at radius 3 is 0.842 bits per heavy atom. The third kappa shape index (κ3) is 75.6. The highest BCUT2D eigenvalue weighted by molar-refractivity contribution is 5.71. The van der Waals surface area contributed by atoms with Gasteiger partial charge >= 0.3 is 17.9 Å². The second-order valence-electron chi connectivity index (χ2n) is 25.8. The molecule has 0 aromatic rings. The summed E-state index contributed by atoms with van der Waals surface area (Å²) >= 11 is 0. The van der Waals surface area contributed by atoms with Gasteiger partial charge in [-0.25, -0.2) is 4.79 Å². The van der Waals surface area contributed by atoms with Crippen LogP contribution in [0.3, 0.4) is 0 Å². The maximum atomic E-state index is 13.0. The molecule has 0 bridgehead atoms. The van der Waals surface area contributed by atoms with Crippen LogP contribution in [-0.2, 0) is 33.3 Å². The van der Waals surface area contributed by atoms with E-state index in [0.717, 1.165) is 141 Å². The molecule has 9 heteroatoms. The topological polar surface area (TPSA) is 108 Å². The Kier molecular flexibility index (Phi) is 69.8. The molecule has 0 saturated carbocycles. The number of hydrogen-bond acceptors (Lipinski definition) is 7. The van der Waals surface area contributed by atoms with E-state index < -0.39 is 24.3 Å². The minimum absolute atomic E-state index is 0.178. The fraction of sp³-hybridized carbons (Fsp3) is 0.616. The Morgan fingerprint density at radius 2 is 0.568 bits per heavy atom. The first-order chi connectivity index (χ1) is 46.6. The summed E-state index contributed by atoms with van der Waals surface area (Å²) in [6.45, 7) is 4.63. The van der Waals surface area contributed by atoms with Gasteiger partial charge in [-0.2, -0.15) is 0 Å². The van der Waals surface area contributed by atoms with Crippen molar-refractivity contribution in [2.45, 2.75) is 296 Å². The van der Waals surface area contributed by atoms with Crippen LogP contribution in [-0.4, -0.2) is 87.4 Å². The van der Waals surface area contributed by atoms with E-state index in [-0.39, 0.29) is 32.2 Å². The molecule has 0 aliphatic rings. The van der Waals surface area contributed by atoms with Gasteiger partial charge in [0.15, 0.2) is 6.10 Å². The lowest BCUT2D eigenvalue weighted by Gasteiger charge is -2.25. The van der Waals surface area contributed by atoms with Crippen LogP contribution in [0, 0.1) is 0 Å². The summed E-state index contributed by atoms with van der Waals surface area (Å²) in [4.78, 5) is 37.7. The third-order valence-electron chi connectivity index (χ3n) is 15.7. The number of hydrogen-bond donors (Lipinski definition) is 1. The molecule has 0 aliphatic heterocycles. The van der Waals surface area contributed by atoms with Crippen LogP contribution >= 0.6 is 0 Å². The van der Waals surface area contributed by atoms with Crippen LogP contribution in [0.2, 0.25) is 0 Å². The highest BCUT2D eigenvalue weighted by atomic mass is 16.7. The van der Waals surface area contributed by atoms with E-state index in [1.54, 1.807) is 0 Å². The molecule has 9 nitrogen and oxygen atoms in total. The first-order valence-corrected chi connectivity index (χ1v) is 37.9. The number of esters is 2. The summed E-state index contributed by atoms with van der Waals surface area (Å²) in [5.41, 5.74) is 0. The molecular formula is C86H140NO8+. The van der Waals surface area contributed by atoms with Crippen molar-refractivity contribution in [3.8, 4) is 0 Å². The number of allylic oxidation sites excluding steroid dienone is 30. The van der Waals surface area contributed by atoms with Crippen LogP contribution in [0.25, 0.3) is 0 Å². The van der Waals surface area contributed by atoms with Crippen molar-refractivity contribution in [3.63, 3.8) is 0 Å². The van der Waals surface area contributed by atoms with Gasteiger partial charge in [-0.15, -0.1) is 0 Å². The maximum absolute atomic E-state index is 13.0. The molecule has 0 aromatic heterocycles. The number of ether oxygens (including phenoxy) is 4. The zero-order chi connectivity index (χ0) is 69.0. The number of aliphatic carboxylic acids is 1. The number of likely N-dealkylation sites (N-methyl/N-ethyl adjacent to an activating group) is 1. The smallest absolute Gasteiger partial charge is 0.361 e. The Balaban J connectivity index is 4.14. The van der Waals surface area contributed by atoms with Crippen LogP contribution in [0.15, 0.2) is 182 Å². The van der Waals surface area contributed by atoms with Crippen molar-refractivity contribution >= 4 is 17.9 Å². The van der Waals surface area contributed by atoms with Gasteiger partial charge in [0.1, 0.15) is 13.2 Å². The molecule has 0 rings (SSSR count). The SMILES string of the molecule is CC/C=C\C/C=C\C/C=C\C/C=C\C/C=C\C/C=C\C/C=C\C/C=C\CCCCCCCCCCC(=O)OC(COC(=O)CCCCCCCCCCCCCCCCC/C=C\C/C=C\C/C=C\C/C=C\C/C=C\C/C=C\C/C=C\CC)COC(OCC[N+](C)(C)C)C(=O)O. The highest BCUT2D eigenvalue weighted by Crippen LogP contribution is 2.17. The molecule has 95 heavy (non-hydrogen) atoms. The number of carbonyl (C=O) groups is 3. The summed E-state index contributed by atoms with van der Waals surface area (Å²) in [7, 11) is 5.97. The lowest BCUT2D eigenvalue weighted by molar-refractivity contribution is -0.870. The van der Waals surface area contributed by atoms with Crippen molar-refractivity contribution in [1.29, 1.82) is 0 Å². The summed E-state index contributed by atoms with van der Waals surface area (Å²) in [5, 5.41) is 9.77. The van der Waals surface area contributed by atoms with Gasteiger partial charge < -0.3 is 28.5 Å². The average Bonchev–Trinajstić information content (AvgIpc) is 3.75. The van der Waals surface area contributed by atoms with E-state index in [4.69, 9.17) is 18.9 Å². The molecule has 0 amide bonds. The Labute approximate surface area is 583 Å². The van der Waals surface area contributed by atoms with Gasteiger partial charge in [0.2, 0.25) is 0 Å². The number of carbonyl (C=O) groups excluding carboxylic acids is 2. The third-order valence-corrected chi connectivity index (χ3v) is 15.7. The predicted molar refractivity (Wildman–Crippen MR) is 409 cm³/mol. The molecular weight excluding hydrogens is 1170 g/mol. The Morgan fingerprint density at radius 1 is 0.316 bits per heavy atom. The van der Waals surface area contributed by atoms with Crippen molar-refractivity contribution < 1.29 is 42.9 Å². The molecule has 2 unspecified atom stereocenters.